The van der Waals surface area contributed by atoms with Crippen molar-refractivity contribution in [2.45, 2.75) is 169 Å². The fourth-order valence-corrected chi connectivity index (χ4v) is 16.3. The molecule has 0 aliphatic heterocycles. The summed E-state index contributed by atoms with van der Waals surface area (Å²) in [7, 11) is 13.3. The number of halogens is 2. The van der Waals surface area contributed by atoms with E-state index in [9.17, 15) is 39.6 Å². The van der Waals surface area contributed by atoms with E-state index in [4.69, 9.17) is 28.4 Å². The lowest BCUT2D eigenvalue weighted by molar-refractivity contribution is -0.001000. The number of unbranched alkanes of at least 4 members (excludes halogenated alkanes) is 16. The number of hydrogen-bond acceptors (Lipinski definition) is 16. The summed E-state index contributed by atoms with van der Waals surface area (Å²) < 4.78 is 34.8. The average Bonchev–Trinajstić information content (AvgIpc) is 1.04. The van der Waals surface area contributed by atoms with E-state index in [-0.39, 0.29) is 91.7 Å². The summed E-state index contributed by atoms with van der Waals surface area (Å²) in [6.07, 6.45) is 27.4. The summed E-state index contributed by atoms with van der Waals surface area (Å²) in [6.45, 7) is 13.0. The first-order valence-electron chi connectivity index (χ1n) is 35.5. The quantitative estimate of drug-likeness (QED) is 0.0175. The van der Waals surface area contributed by atoms with Gasteiger partial charge in [0.05, 0.1) is 64.2 Å². The molecule has 0 aromatic heterocycles. The van der Waals surface area contributed by atoms with Crippen molar-refractivity contribution >= 4 is 98.3 Å². The first-order valence-corrected chi connectivity index (χ1v) is 35.5. The van der Waals surface area contributed by atoms with Gasteiger partial charge in [-0.25, -0.2) is 0 Å². The van der Waals surface area contributed by atoms with Gasteiger partial charge in [0.1, 0.15) is 34.5 Å². The first kappa shape index (κ1) is 76.2. The minimum atomic E-state index is -0.400. The van der Waals surface area contributed by atoms with E-state index in [1.165, 1.54) is 157 Å². The maximum Gasteiger partial charge on any atom is 0.194 e. The van der Waals surface area contributed by atoms with E-state index in [2.05, 4.69) is 43.8 Å². The Bertz CT molecular complexity index is 4970. The largest absolute Gasteiger partial charge is 1.00 e. The summed E-state index contributed by atoms with van der Waals surface area (Å²) in [4.78, 5) is 59.8. The van der Waals surface area contributed by atoms with Crippen LogP contribution in [-0.2, 0) is 25.7 Å². The molecule has 0 spiro atoms. The van der Waals surface area contributed by atoms with E-state index in [0.29, 0.717) is 103 Å². The molecule has 536 valence electrons. The van der Waals surface area contributed by atoms with Gasteiger partial charge in [-0.3, -0.25) is 19.2 Å². The van der Waals surface area contributed by atoms with Crippen LogP contribution in [0.3, 0.4) is 0 Å². The molecule has 0 bridgehead atoms. The van der Waals surface area contributed by atoms with Crippen molar-refractivity contribution in [1.29, 1.82) is 0 Å². The van der Waals surface area contributed by atoms with Crippen LogP contribution in [0.15, 0.2) is 54.6 Å². The topological polar surface area (TPSA) is 211 Å². The molecule has 0 saturated heterocycles. The molecule has 0 amide bonds. The minimum absolute atomic E-state index is 0. The number of allylic oxidation sites excluding steroid dienone is 2. The van der Waals surface area contributed by atoms with Crippen molar-refractivity contribution in [2.75, 3.05) is 82.9 Å². The molecule has 0 atom stereocenters. The normalized spacial score (nSPS) is 12.7. The molecule has 16 nitrogen and oxygen atoms in total. The summed E-state index contributed by atoms with van der Waals surface area (Å²) in [5.74, 6) is 1.22. The molecule has 0 heterocycles. The Morgan fingerprint density at radius 3 is 1.02 bits per heavy atom. The van der Waals surface area contributed by atoms with Gasteiger partial charge in [-0.05, 0) is 138 Å². The van der Waals surface area contributed by atoms with Crippen molar-refractivity contribution < 1.29 is 73.7 Å². The van der Waals surface area contributed by atoms with Crippen LogP contribution in [0.5, 0.6) is 57.5 Å². The van der Waals surface area contributed by atoms with Crippen LogP contribution in [0.25, 0.3) is 98.3 Å². The molecule has 0 saturated carbocycles. The molecule has 2 aliphatic rings. The van der Waals surface area contributed by atoms with Gasteiger partial charge in [-0.15, -0.1) is 0 Å². The Labute approximate surface area is 597 Å². The SMILES string of the molecule is CCN(C)CCCCCCCCCCCc1c(O)c2c(=O)cc(OC)c3c4c(OC)cc(=O)c5c(O)c(OC)c6c(c(c1C=C(C)C6)c23)c54.CCN(C)CCCCCCCCCCCc1c(O)c2c(=O)cc(OC)c3c4c(OC)cc(=O)c5c(O)c(OC)c6c(c(c1CC(C)=C6)c23)c54.[Cl-].[Cl-]. The standard InChI is InChI=1S/2C41H49NO7.2ClH/c2*1-7-42(3)18-16-14-12-10-8-9-11-13-15-17-24-25-19-23(2)20-26-32-31(25)37-33(39(24)45)27(43)21-29(47-4)35(37)36-30(48-5)22-28(44)34(38(32)36)40(46)41(26)49-6;;/h20-22,45-46H,7-19H2,1-6H3;19,21-22,45-46H,7-18,20H2,1-6H3;2*1H/p-2. The monoisotopic (exact) mass is 1400 g/mol. The average molecular weight is 1410 g/mol. The van der Waals surface area contributed by atoms with E-state index < -0.39 is 10.9 Å². The molecule has 10 aromatic carbocycles. The van der Waals surface area contributed by atoms with Gasteiger partial charge in [0.15, 0.2) is 44.7 Å². The van der Waals surface area contributed by atoms with E-state index in [0.717, 1.165) is 107 Å². The van der Waals surface area contributed by atoms with E-state index >= 15 is 0 Å². The highest BCUT2D eigenvalue weighted by molar-refractivity contribution is 6.40. The predicted molar refractivity (Wildman–Crippen MR) is 400 cm³/mol. The number of hydrogen-bond donors (Lipinski definition) is 4. The molecule has 18 heteroatoms. The van der Waals surface area contributed by atoms with Crippen LogP contribution in [0.1, 0.15) is 177 Å². The van der Waals surface area contributed by atoms with Gasteiger partial charge in [-0.1, -0.05) is 127 Å². The van der Waals surface area contributed by atoms with Crippen LogP contribution in [0.2, 0.25) is 0 Å². The number of rotatable bonds is 32. The van der Waals surface area contributed by atoms with Crippen molar-refractivity contribution in [3.63, 3.8) is 0 Å². The van der Waals surface area contributed by atoms with Crippen LogP contribution >= 0.6 is 0 Å². The molecule has 4 N–H and O–H groups in total. The van der Waals surface area contributed by atoms with Gasteiger partial charge < -0.3 is 83.5 Å². The molecule has 10 aromatic rings. The van der Waals surface area contributed by atoms with E-state index in [1.54, 1.807) is 0 Å². The minimum Gasteiger partial charge on any atom is -1.00 e. The number of nitrogens with zero attached hydrogens (tertiary/aromatic N) is 2. The lowest BCUT2D eigenvalue weighted by Crippen LogP contribution is -3.00. The zero-order valence-corrected chi connectivity index (χ0v) is 61.9. The Morgan fingerprint density at radius 1 is 0.340 bits per heavy atom. The van der Waals surface area contributed by atoms with Crippen molar-refractivity contribution in [2.24, 2.45) is 0 Å². The number of fused-ring (bicyclic) bond motifs is 2. The zero-order valence-electron chi connectivity index (χ0n) is 60.4. The molecule has 0 radical (unpaired) electrons. The first-order chi connectivity index (χ1) is 47.3. The predicted octanol–water partition coefficient (Wildman–Crippen LogP) is 10.6. The van der Waals surface area contributed by atoms with Gasteiger partial charge >= 0.3 is 0 Å². The summed E-state index contributed by atoms with van der Waals surface area (Å²) >= 11 is 0. The maximum absolute atomic E-state index is 13.9. The molecule has 0 unspecified atom stereocenters. The molecule has 0 fully saturated rings. The van der Waals surface area contributed by atoms with Crippen LogP contribution < -0.4 is 75.0 Å². The van der Waals surface area contributed by atoms with Gasteiger partial charge in [-0.2, -0.15) is 0 Å². The zero-order chi connectivity index (χ0) is 70.0. The Kier molecular flexibility index (Phi) is 24.9. The number of phenols is 4. The molecule has 100 heavy (non-hydrogen) atoms. The molecule has 12 rings (SSSR count). The van der Waals surface area contributed by atoms with E-state index in [1.807, 2.05) is 19.9 Å². The highest BCUT2D eigenvalue weighted by Crippen LogP contribution is 2.58. The maximum atomic E-state index is 13.9. The number of benzene rings is 10. The highest BCUT2D eigenvalue weighted by Gasteiger charge is 2.36. The summed E-state index contributed by atoms with van der Waals surface area (Å²) in [5, 5.41) is 55.3. The Morgan fingerprint density at radius 2 is 0.640 bits per heavy atom. The number of ether oxygens (including phenoxy) is 6. The second-order valence-corrected chi connectivity index (χ2v) is 27.5. The van der Waals surface area contributed by atoms with Crippen molar-refractivity contribution in [1.82, 2.24) is 9.80 Å². The van der Waals surface area contributed by atoms with Crippen molar-refractivity contribution in [3.8, 4) is 57.5 Å². The van der Waals surface area contributed by atoms with Crippen LogP contribution in [-0.4, -0.2) is 113 Å². The van der Waals surface area contributed by atoms with Gasteiger partial charge in [0.25, 0.3) is 0 Å². The lowest BCUT2D eigenvalue weighted by Gasteiger charge is -2.24. The number of methoxy groups -OCH3 is 6. The Hall–Kier alpha value is -8.02. The fourth-order valence-electron chi connectivity index (χ4n) is 16.3. The van der Waals surface area contributed by atoms with Crippen LogP contribution in [0, 0.1) is 0 Å². The fraction of sp³-hybridized carbons (Fsp3) is 0.463. The van der Waals surface area contributed by atoms with Crippen molar-refractivity contribution in [3.05, 3.63) is 110 Å². The number of aromatic hydroxyl groups is 4. The van der Waals surface area contributed by atoms with Crippen LogP contribution in [0.4, 0.5) is 0 Å². The third kappa shape index (κ3) is 13.7. The summed E-state index contributed by atoms with van der Waals surface area (Å²) in [5.41, 5.74) is 5.14. The number of phenolic OH excluding ortho intramolecular Hbond substituents is 4. The summed E-state index contributed by atoms with van der Waals surface area (Å²) in [6, 6.07) is 5.51. The molecular weight excluding hydrogens is 1310 g/mol. The smallest absolute Gasteiger partial charge is 0.194 e. The third-order valence-corrected chi connectivity index (χ3v) is 21.3. The Balaban J connectivity index is 0.000000229. The highest BCUT2D eigenvalue weighted by atomic mass is 35.5. The van der Waals surface area contributed by atoms with Gasteiger partial charge in [0, 0.05) is 89.4 Å². The second-order valence-electron chi connectivity index (χ2n) is 27.5. The van der Waals surface area contributed by atoms with Gasteiger partial charge in [0.2, 0.25) is 0 Å². The molecule has 2 aliphatic carbocycles. The lowest BCUT2D eigenvalue weighted by atomic mass is 9.81. The second kappa shape index (κ2) is 32.7. The third-order valence-electron chi connectivity index (χ3n) is 21.3. The molecular formula is C82H98Cl2N2O14-2.